The number of hydrogen-bond donors (Lipinski definition) is 0. The normalized spacial score (nSPS) is 13.7. The van der Waals surface area contributed by atoms with Gasteiger partial charge in [-0.15, -0.1) is 11.6 Å². The molecule has 0 amide bonds. The molecule has 1 aromatic carbocycles. The zero-order valence-corrected chi connectivity index (χ0v) is 11.9. The van der Waals surface area contributed by atoms with Crippen LogP contribution in [0.4, 0.5) is 17.1 Å². The van der Waals surface area contributed by atoms with E-state index < -0.39 is 0 Å². The molecular weight excluding hydrogens is 278 g/mol. The van der Waals surface area contributed by atoms with Crippen LogP contribution in [0, 0.1) is 0 Å². The molecule has 5 heteroatoms. The Bertz CT molecular complexity index is 549. The molecule has 1 aromatic heterocycles. The number of rotatable bonds is 4. The topological polar surface area (TPSA) is 19.4 Å². The third-order valence-electron chi connectivity index (χ3n) is 2.92. The Morgan fingerprint density at radius 1 is 1.11 bits per heavy atom. The first-order valence-electron chi connectivity index (χ1n) is 6.21. The number of anilines is 3. The predicted molar refractivity (Wildman–Crippen MR) is 83.1 cm³/mol. The van der Waals surface area contributed by atoms with Gasteiger partial charge in [-0.2, -0.15) is 0 Å². The van der Waals surface area contributed by atoms with Crippen molar-refractivity contribution >= 4 is 40.8 Å². The summed E-state index contributed by atoms with van der Waals surface area (Å²) in [4.78, 5) is 4.19. The molecule has 98 valence electrons. The molecule has 0 bridgehead atoms. The van der Waals surface area contributed by atoms with E-state index in [1.807, 2.05) is 12.3 Å². The highest BCUT2D eigenvalue weighted by molar-refractivity contribution is 8.02. The molecule has 2 heterocycles. The van der Waals surface area contributed by atoms with Crippen molar-refractivity contribution in [3.63, 3.8) is 0 Å². The molecule has 0 radical (unpaired) electrons. The van der Waals surface area contributed by atoms with E-state index in [2.05, 4.69) is 43.9 Å². The van der Waals surface area contributed by atoms with Gasteiger partial charge in [-0.1, -0.05) is 12.1 Å². The molecule has 3 nitrogen and oxygen atoms in total. The van der Waals surface area contributed by atoms with E-state index in [-0.39, 0.29) is 0 Å². The summed E-state index contributed by atoms with van der Waals surface area (Å²) >= 11 is 7.50. The largest absolute Gasteiger partial charge is 0.296 e. The van der Waals surface area contributed by atoms with E-state index in [1.54, 1.807) is 18.3 Å². The molecule has 3 rings (SSSR count). The van der Waals surface area contributed by atoms with Crippen molar-refractivity contribution in [3.8, 4) is 0 Å². The summed E-state index contributed by atoms with van der Waals surface area (Å²) in [6.45, 7) is 0.946. The number of aromatic nitrogens is 1. The van der Waals surface area contributed by atoms with E-state index in [0.29, 0.717) is 5.88 Å². The van der Waals surface area contributed by atoms with Gasteiger partial charge in [0.15, 0.2) is 0 Å². The summed E-state index contributed by atoms with van der Waals surface area (Å²) in [6, 6.07) is 12.4. The summed E-state index contributed by atoms with van der Waals surface area (Å²) in [6.07, 6.45) is 4.65. The van der Waals surface area contributed by atoms with Crippen LogP contribution in [0.15, 0.2) is 48.8 Å². The third kappa shape index (κ3) is 2.51. The van der Waals surface area contributed by atoms with E-state index in [9.17, 15) is 0 Å². The lowest BCUT2D eigenvalue weighted by Gasteiger charge is -2.18. The number of nitrogens with zero attached hydrogens (tertiary/aromatic N) is 3. The molecule has 0 N–H and O–H groups in total. The Balaban J connectivity index is 1.92. The SMILES string of the molecule is ClCCCN1SN(c2cccnc2)c2ccccc21. The van der Waals surface area contributed by atoms with Crippen molar-refractivity contribution in [2.24, 2.45) is 0 Å². The molecule has 19 heavy (non-hydrogen) atoms. The van der Waals surface area contributed by atoms with Gasteiger partial charge < -0.3 is 0 Å². The Morgan fingerprint density at radius 3 is 2.68 bits per heavy atom. The van der Waals surface area contributed by atoms with E-state index >= 15 is 0 Å². The minimum atomic E-state index is 0.687. The van der Waals surface area contributed by atoms with Gasteiger partial charge in [0.1, 0.15) is 0 Å². The maximum absolute atomic E-state index is 5.80. The number of benzene rings is 1. The molecule has 1 aliphatic heterocycles. The zero-order valence-electron chi connectivity index (χ0n) is 10.4. The van der Waals surface area contributed by atoms with Gasteiger partial charge >= 0.3 is 0 Å². The lowest BCUT2D eigenvalue weighted by Crippen LogP contribution is -2.15. The van der Waals surface area contributed by atoms with Gasteiger partial charge in [0.05, 0.1) is 35.4 Å². The summed E-state index contributed by atoms with van der Waals surface area (Å²) in [5.74, 6) is 0.687. The standard InChI is InChI=1S/C14H14ClN3S/c15-8-4-10-17-13-6-1-2-7-14(13)18(19-17)12-5-3-9-16-11-12/h1-3,5-7,9,11H,4,8,10H2. The van der Waals surface area contributed by atoms with Crippen LogP contribution >= 0.6 is 23.7 Å². The molecule has 0 unspecified atom stereocenters. The van der Waals surface area contributed by atoms with Crippen LogP contribution in [0.1, 0.15) is 6.42 Å². The minimum absolute atomic E-state index is 0.687. The lowest BCUT2D eigenvalue weighted by atomic mass is 10.2. The maximum atomic E-state index is 5.80. The molecular formula is C14H14ClN3S. The lowest BCUT2D eigenvalue weighted by molar-refractivity contribution is 0.942. The quantitative estimate of drug-likeness (QED) is 0.620. The highest BCUT2D eigenvalue weighted by Crippen LogP contribution is 2.48. The van der Waals surface area contributed by atoms with Gasteiger partial charge in [-0.3, -0.25) is 13.6 Å². The van der Waals surface area contributed by atoms with Crippen LogP contribution in [0.2, 0.25) is 0 Å². The maximum Gasteiger partial charge on any atom is 0.0785 e. The molecule has 0 atom stereocenters. The highest BCUT2D eigenvalue weighted by Gasteiger charge is 2.27. The fraction of sp³-hybridized carbons (Fsp3) is 0.214. The fourth-order valence-corrected chi connectivity index (χ4v) is 3.27. The second-order valence-electron chi connectivity index (χ2n) is 4.22. The Hall–Kier alpha value is -1.39. The number of para-hydroxylation sites is 2. The molecule has 2 aromatic rings. The summed E-state index contributed by atoms with van der Waals surface area (Å²) < 4.78 is 4.49. The molecule has 0 saturated carbocycles. The van der Waals surface area contributed by atoms with Crippen LogP contribution in [0.5, 0.6) is 0 Å². The fourth-order valence-electron chi connectivity index (χ4n) is 2.06. The number of hydrogen-bond acceptors (Lipinski definition) is 4. The van der Waals surface area contributed by atoms with Crippen molar-refractivity contribution in [1.82, 2.24) is 4.98 Å². The second kappa shape index (κ2) is 5.72. The first kappa shape index (κ1) is 12.6. The van der Waals surface area contributed by atoms with Crippen molar-refractivity contribution in [2.75, 3.05) is 21.0 Å². The smallest absolute Gasteiger partial charge is 0.0785 e. The first-order chi connectivity index (χ1) is 9.40. The van der Waals surface area contributed by atoms with Crippen molar-refractivity contribution in [2.45, 2.75) is 6.42 Å². The van der Waals surface area contributed by atoms with Gasteiger partial charge in [0.2, 0.25) is 0 Å². The average molecular weight is 292 g/mol. The van der Waals surface area contributed by atoms with Crippen LogP contribution in [0.25, 0.3) is 0 Å². The van der Waals surface area contributed by atoms with Crippen molar-refractivity contribution in [1.29, 1.82) is 0 Å². The van der Waals surface area contributed by atoms with E-state index in [1.165, 1.54) is 11.4 Å². The van der Waals surface area contributed by atoms with Gasteiger partial charge in [-0.25, -0.2) is 0 Å². The Labute approximate surface area is 122 Å². The summed E-state index contributed by atoms with van der Waals surface area (Å²) in [5.41, 5.74) is 3.53. The summed E-state index contributed by atoms with van der Waals surface area (Å²) in [7, 11) is 0. The number of halogens is 1. The van der Waals surface area contributed by atoms with Crippen LogP contribution in [0.3, 0.4) is 0 Å². The molecule has 0 saturated heterocycles. The molecule has 1 aliphatic rings. The highest BCUT2D eigenvalue weighted by atomic mass is 35.5. The van der Waals surface area contributed by atoms with E-state index in [4.69, 9.17) is 11.6 Å². The van der Waals surface area contributed by atoms with Crippen LogP contribution in [-0.2, 0) is 0 Å². The molecule has 0 fully saturated rings. The van der Waals surface area contributed by atoms with Gasteiger partial charge in [0.25, 0.3) is 0 Å². The monoisotopic (exact) mass is 291 g/mol. The van der Waals surface area contributed by atoms with E-state index in [0.717, 1.165) is 18.7 Å². The predicted octanol–water partition coefficient (Wildman–Crippen LogP) is 4.23. The van der Waals surface area contributed by atoms with Crippen molar-refractivity contribution in [3.05, 3.63) is 48.8 Å². The first-order valence-corrected chi connectivity index (χ1v) is 7.47. The van der Waals surface area contributed by atoms with Gasteiger partial charge in [-0.05, 0) is 30.7 Å². The van der Waals surface area contributed by atoms with Crippen LogP contribution < -0.4 is 8.61 Å². The number of fused-ring (bicyclic) bond motifs is 1. The number of pyridine rings is 1. The number of alkyl halides is 1. The summed E-state index contributed by atoms with van der Waals surface area (Å²) in [5, 5.41) is 0. The third-order valence-corrected chi connectivity index (χ3v) is 4.34. The average Bonchev–Trinajstić information content (AvgIpc) is 2.85. The Morgan fingerprint density at radius 2 is 1.95 bits per heavy atom. The molecule has 0 aliphatic carbocycles. The second-order valence-corrected chi connectivity index (χ2v) is 5.57. The minimum Gasteiger partial charge on any atom is -0.296 e. The van der Waals surface area contributed by atoms with Gasteiger partial charge in [0, 0.05) is 18.6 Å². The van der Waals surface area contributed by atoms with Crippen molar-refractivity contribution < 1.29 is 0 Å². The molecule has 0 spiro atoms. The zero-order chi connectivity index (χ0) is 13.1. The van der Waals surface area contributed by atoms with Crippen LogP contribution in [-0.4, -0.2) is 17.4 Å². The Kier molecular flexibility index (Phi) is 3.80.